The number of carbonyl (C=O) groups is 1. The fraction of sp³-hybridized carbons (Fsp3) is 0.143. The number of methoxy groups -OCH3 is 1. The predicted octanol–water partition coefficient (Wildman–Crippen LogP) is 0.697. The lowest BCUT2D eigenvalue weighted by Gasteiger charge is -2.00. The first-order valence-corrected chi connectivity index (χ1v) is 3.49. The van der Waals surface area contributed by atoms with Gasteiger partial charge in [0.05, 0.1) is 12.0 Å². The van der Waals surface area contributed by atoms with Crippen molar-refractivity contribution in [3.8, 4) is 5.88 Å². The van der Waals surface area contributed by atoms with Crippen LogP contribution >= 0.6 is 0 Å². The number of aromatic carboxylic acids is 1. The zero-order valence-electron chi connectivity index (χ0n) is 7.13. The summed E-state index contributed by atoms with van der Waals surface area (Å²) in [7, 11) is 1.29. The van der Waals surface area contributed by atoms with E-state index in [4.69, 9.17) is 5.11 Å². The highest BCUT2D eigenvalue weighted by molar-refractivity contribution is 5.90. The van der Waals surface area contributed by atoms with Crippen molar-refractivity contribution < 1.29 is 19.6 Å². The molecule has 0 saturated carbocycles. The molecule has 1 aromatic heterocycles. The lowest BCUT2D eigenvalue weighted by molar-refractivity contribution is -0.385. The number of carboxylic acids is 1. The first-order chi connectivity index (χ1) is 6.56. The SMILES string of the molecule is COc1ccc([N+](=O)[O-])c(C(=O)O)n1. The zero-order chi connectivity index (χ0) is 10.7. The molecule has 0 fully saturated rings. The normalized spacial score (nSPS) is 9.50. The van der Waals surface area contributed by atoms with Gasteiger partial charge in [-0.3, -0.25) is 10.1 Å². The standard InChI is InChI=1S/C7H6N2O5/c1-14-5-3-2-4(9(12)13)6(8-5)7(10)11/h2-3H,1H3,(H,10,11). The summed E-state index contributed by atoms with van der Waals surface area (Å²) in [5.41, 5.74) is -1.19. The van der Waals surface area contributed by atoms with E-state index < -0.39 is 22.3 Å². The van der Waals surface area contributed by atoms with Gasteiger partial charge < -0.3 is 9.84 Å². The highest BCUT2D eigenvalue weighted by Crippen LogP contribution is 2.19. The van der Waals surface area contributed by atoms with E-state index in [9.17, 15) is 14.9 Å². The molecule has 1 aromatic rings. The van der Waals surface area contributed by atoms with Crippen molar-refractivity contribution in [3.05, 3.63) is 27.9 Å². The van der Waals surface area contributed by atoms with Crippen molar-refractivity contribution in [2.24, 2.45) is 0 Å². The Balaban J connectivity index is 3.31. The Morgan fingerprint density at radius 1 is 1.64 bits per heavy atom. The molecule has 0 amide bonds. The van der Waals surface area contributed by atoms with Crippen LogP contribution in [-0.4, -0.2) is 28.1 Å². The Labute approximate surface area is 78.1 Å². The van der Waals surface area contributed by atoms with Crippen molar-refractivity contribution in [1.82, 2.24) is 4.98 Å². The van der Waals surface area contributed by atoms with Crippen molar-refractivity contribution >= 4 is 11.7 Å². The lowest BCUT2D eigenvalue weighted by Crippen LogP contribution is -2.06. The Morgan fingerprint density at radius 2 is 2.29 bits per heavy atom. The number of aromatic nitrogens is 1. The highest BCUT2D eigenvalue weighted by atomic mass is 16.6. The molecule has 1 rings (SSSR count). The Kier molecular flexibility index (Phi) is 2.61. The Bertz CT molecular complexity index is 390. The summed E-state index contributed by atoms with van der Waals surface area (Å²) in [4.78, 5) is 23.6. The Hall–Kier alpha value is -2.18. The predicted molar refractivity (Wildman–Crippen MR) is 44.4 cm³/mol. The molecule has 0 spiro atoms. The summed E-state index contributed by atoms with van der Waals surface area (Å²) in [5, 5.41) is 19.0. The van der Waals surface area contributed by atoms with Crippen LogP contribution in [-0.2, 0) is 0 Å². The summed E-state index contributed by atoms with van der Waals surface area (Å²) in [5.74, 6) is -1.44. The van der Waals surface area contributed by atoms with E-state index in [1.807, 2.05) is 0 Å². The molecule has 7 nitrogen and oxygen atoms in total. The molecule has 0 aromatic carbocycles. The minimum absolute atomic E-state index is 0.0213. The maximum atomic E-state index is 10.6. The fourth-order valence-corrected chi connectivity index (χ4v) is 0.852. The maximum Gasteiger partial charge on any atom is 0.361 e. The van der Waals surface area contributed by atoms with Crippen molar-refractivity contribution in [2.45, 2.75) is 0 Å². The van der Waals surface area contributed by atoms with Crippen LogP contribution in [0.2, 0.25) is 0 Å². The molecular weight excluding hydrogens is 192 g/mol. The number of ether oxygens (including phenoxy) is 1. The molecule has 7 heteroatoms. The van der Waals surface area contributed by atoms with Gasteiger partial charge in [0.1, 0.15) is 0 Å². The second-order valence-corrected chi connectivity index (χ2v) is 2.28. The third-order valence-electron chi connectivity index (χ3n) is 1.46. The molecule has 0 saturated heterocycles. The van der Waals surface area contributed by atoms with Gasteiger partial charge in [-0.25, -0.2) is 4.79 Å². The van der Waals surface area contributed by atoms with Crippen molar-refractivity contribution in [3.63, 3.8) is 0 Å². The van der Waals surface area contributed by atoms with Gasteiger partial charge >= 0.3 is 11.7 Å². The molecular formula is C7H6N2O5. The van der Waals surface area contributed by atoms with Gasteiger partial charge in [-0.1, -0.05) is 0 Å². The van der Waals surface area contributed by atoms with Crippen molar-refractivity contribution in [1.29, 1.82) is 0 Å². The smallest absolute Gasteiger partial charge is 0.361 e. The number of carboxylic acid groups (broad SMARTS) is 1. The van der Waals surface area contributed by atoms with E-state index in [1.54, 1.807) is 0 Å². The molecule has 74 valence electrons. The molecule has 1 heterocycles. The number of hydrogen-bond donors (Lipinski definition) is 1. The lowest BCUT2D eigenvalue weighted by atomic mass is 10.3. The number of nitrogens with zero attached hydrogens (tertiary/aromatic N) is 2. The van der Waals surface area contributed by atoms with Crippen LogP contribution in [0.3, 0.4) is 0 Å². The number of hydrogen-bond acceptors (Lipinski definition) is 5. The minimum atomic E-state index is -1.46. The van der Waals surface area contributed by atoms with Crippen LogP contribution in [0.1, 0.15) is 10.5 Å². The van der Waals surface area contributed by atoms with Crippen LogP contribution < -0.4 is 4.74 Å². The van der Waals surface area contributed by atoms with Crippen LogP contribution in [0.15, 0.2) is 12.1 Å². The largest absolute Gasteiger partial charge is 0.481 e. The molecule has 0 aliphatic heterocycles. The Morgan fingerprint density at radius 3 is 2.71 bits per heavy atom. The van der Waals surface area contributed by atoms with E-state index in [2.05, 4.69) is 9.72 Å². The van der Waals surface area contributed by atoms with E-state index in [1.165, 1.54) is 13.2 Å². The van der Waals surface area contributed by atoms with Crippen LogP contribution in [0.5, 0.6) is 5.88 Å². The number of rotatable bonds is 3. The first kappa shape index (κ1) is 9.90. The second-order valence-electron chi connectivity index (χ2n) is 2.28. The van der Waals surface area contributed by atoms with Crippen molar-refractivity contribution in [2.75, 3.05) is 7.11 Å². The summed E-state index contributed by atoms with van der Waals surface area (Å²) in [6.07, 6.45) is 0. The number of pyridine rings is 1. The minimum Gasteiger partial charge on any atom is -0.481 e. The van der Waals surface area contributed by atoms with Gasteiger partial charge in [0.2, 0.25) is 11.6 Å². The van der Waals surface area contributed by atoms with Gasteiger partial charge in [0, 0.05) is 12.1 Å². The van der Waals surface area contributed by atoms with Crippen LogP contribution in [0.4, 0.5) is 5.69 Å². The van der Waals surface area contributed by atoms with E-state index in [-0.39, 0.29) is 5.88 Å². The monoisotopic (exact) mass is 198 g/mol. The molecule has 0 radical (unpaired) electrons. The van der Waals surface area contributed by atoms with Gasteiger partial charge in [-0.05, 0) is 0 Å². The summed E-state index contributed by atoms with van der Waals surface area (Å²) < 4.78 is 4.64. The van der Waals surface area contributed by atoms with Gasteiger partial charge in [0.15, 0.2) is 0 Å². The van der Waals surface area contributed by atoms with E-state index >= 15 is 0 Å². The van der Waals surface area contributed by atoms with Crippen LogP contribution in [0.25, 0.3) is 0 Å². The maximum absolute atomic E-state index is 10.6. The zero-order valence-corrected chi connectivity index (χ0v) is 7.13. The van der Waals surface area contributed by atoms with Crippen LogP contribution in [0, 0.1) is 10.1 Å². The molecule has 1 N–H and O–H groups in total. The average Bonchev–Trinajstić information content (AvgIpc) is 2.16. The first-order valence-electron chi connectivity index (χ1n) is 3.49. The summed E-state index contributed by atoms with van der Waals surface area (Å²) in [6, 6.07) is 2.26. The number of nitro groups is 1. The molecule has 0 atom stereocenters. The van der Waals surface area contributed by atoms with Gasteiger partial charge in [-0.15, -0.1) is 0 Å². The highest BCUT2D eigenvalue weighted by Gasteiger charge is 2.22. The quantitative estimate of drug-likeness (QED) is 0.566. The molecule has 14 heavy (non-hydrogen) atoms. The third kappa shape index (κ3) is 1.76. The van der Waals surface area contributed by atoms with E-state index in [0.29, 0.717) is 0 Å². The molecule has 0 bridgehead atoms. The van der Waals surface area contributed by atoms with Gasteiger partial charge in [-0.2, -0.15) is 4.98 Å². The summed E-state index contributed by atoms with van der Waals surface area (Å²) in [6.45, 7) is 0. The van der Waals surface area contributed by atoms with Gasteiger partial charge in [0.25, 0.3) is 0 Å². The molecule has 0 unspecified atom stereocenters. The molecule has 0 aliphatic carbocycles. The second kappa shape index (κ2) is 3.69. The fourth-order valence-electron chi connectivity index (χ4n) is 0.852. The van der Waals surface area contributed by atoms with E-state index in [0.717, 1.165) is 6.07 Å². The molecule has 0 aliphatic rings. The topological polar surface area (TPSA) is 103 Å². The summed E-state index contributed by atoms with van der Waals surface area (Å²) >= 11 is 0. The third-order valence-corrected chi connectivity index (χ3v) is 1.46. The average molecular weight is 198 g/mol.